The van der Waals surface area contributed by atoms with E-state index in [4.69, 9.17) is 0 Å². The lowest BCUT2D eigenvalue weighted by atomic mass is 10.00. The first kappa shape index (κ1) is 20.0. The van der Waals surface area contributed by atoms with Crippen molar-refractivity contribution in [1.29, 1.82) is 0 Å². The minimum absolute atomic E-state index is 0. The van der Waals surface area contributed by atoms with Crippen molar-refractivity contribution in [2.75, 3.05) is 57.8 Å². The van der Waals surface area contributed by atoms with Gasteiger partial charge in [-0.25, -0.2) is 8.42 Å². The highest BCUT2D eigenvalue weighted by atomic mass is 127. The number of nitrogens with one attached hydrogen (secondary N) is 1. The van der Waals surface area contributed by atoms with Crippen molar-refractivity contribution >= 4 is 39.8 Å². The van der Waals surface area contributed by atoms with Gasteiger partial charge in [0.1, 0.15) is 0 Å². The van der Waals surface area contributed by atoms with E-state index in [1.54, 1.807) is 0 Å². The number of piperidine rings is 1. The first-order chi connectivity index (χ1) is 10.00. The van der Waals surface area contributed by atoms with E-state index in [2.05, 4.69) is 27.0 Å². The Balaban J connectivity index is 0.00000242. The summed E-state index contributed by atoms with van der Waals surface area (Å²) < 4.78 is 22.8. The van der Waals surface area contributed by atoms with Crippen LogP contribution in [0.15, 0.2) is 4.99 Å². The molecule has 2 heterocycles. The van der Waals surface area contributed by atoms with Crippen LogP contribution in [0.3, 0.4) is 0 Å². The van der Waals surface area contributed by atoms with Crippen LogP contribution >= 0.6 is 24.0 Å². The molecule has 8 heteroatoms. The second kappa shape index (κ2) is 9.27. The molecule has 0 bridgehead atoms. The minimum atomic E-state index is -2.78. The van der Waals surface area contributed by atoms with Gasteiger partial charge in [0.25, 0.3) is 0 Å². The Morgan fingerprint density at radius 3 is 2.32 bits per heavy atom. The van der Waals surface area contributed by atoms with E-state index in [1.807, 2.05) is 7.05 Å². The van der Waals surface area contributed by atoms with Crippen molar-refractivity contribution < 1.29 is 8.42 Å². The highest BCUT2D eigenvalue weighted by molar-refractivity contribution is 14.0. The minimum Gasteiger partial charge on any atom is -0.355 e. The Labute approximate surface area is 151 Å². The first-order valence-electron chi connectivity index (χ1n) is 7.88. The van der Waals surface area contributed by atoms with Crippen LogP contribution in [0.4, 0.5) is 0 Å². The van der Waals surface area contributed by atoms with Gasteiger partial charge in [-0.05, 0) is 18.8 Å². The molecule has 0 spiro atoms. The molecule has 22 heavy (non-hydrogen) atoms. The molecule has 0 aliphatic carbocycles. The average molecular weight is 444 g/mol. The van der Waals surface area contributed by atoms with Gasteiger partial charge in [-0.1, -0.05) is 6.92 Å². The maximum Gasteiger partial charge on any atom is 0.193 e. The van der Waals surface area contributed by atoms with Crippen LogP contribution in [0.2, 0.25) is 0 Å². The summed E-state index contributed by atoms with van der Waals surface area (Å²) in [6.45, 7) is 7.45. The van der Waals surface area contributed by atoms with E-state index in [-0.39, 0.29) is 24.0 Å². The predicted octanol–water partition coefficient (Wildman–Crippen LogP) is 0.642. The maximum absolute atomic E-state index is 11.4. The van der Waals surface area contributed by atoms with Crippen molar-refractivity contribution in [1.82, 2.24) is 15.1 Å². The summed E-state index contributed by atoms with van der Waals surface area (Å²) in [4.78, 5) is 8.89. The number of guanidine groups is 1. The van der Waals surface area contributed by atoms with Crippen molar-refractivity contribution in [3.63, 3.8) is 0 Å². The van der Waals surface area contributed by atoms with Gasteiger partial charge in [-0.3, -0.25) is 9.89 Å². The number of sulfone groups is 1. The zero-order chi connectivity index (χ0) is 15.3. The monoisotopic (exact) mass is 444 g/mol. The number of halogens is 1. The van der Waals surface area contributed by atoms with E-state index in [9.17, 15) is 8.42 Å². The van der Waals surface area contributed by atoms with Gasteiger partial charge in [0.2, 0.25) is 0 Å². The molecule has 6 nitrogen and oxygen atoms in total. The summed E-state index contributed by atoms with van der Waals surface area (Å²) in [5.74, 6) is 2.39. The summed E-state index contributed by atoms with van der Waals surface area (Å²) >= 11 is 0. The normalized spacial score (nSPS) is 23.9. The number of hydrogen-bond donors (Lipinski definition) is 1. The predicted molar refractivity (Wildman–Crippen MR) is 102 cm³/mol. The molecule has 0 aromatic carbocycles. The molecule has 0 unspecified atom stereocenters. The summed E-state index contributed by atoms with van der Waals surface area (Å²) in [5.41, 5.74) is 0. The van der Waals surface area contributed by atoms with Crippen molar-refractivity contribution in [2.24, 2.45) is 10.9 Å². The third-order valence-electron chi connectivity index (χ3n) is 4.44. The lowest BCUT2D eigenvalue weighted by Gasteiger charge is -2.33. The van der Waals surface area contributed by atoms with Crippen molar-refractivity contribution in [3.05, 3.63) is 0 Å². The van der Waals surface area contributed by atoms with E-state index in [0.29, 0.717) is 24.6 Å². The maximum atomic E-state index is 11.4. The van der Waals surface area contributed by atoms with E-state index >= 15 is 0 Å². The molecule has 0 radical (unpaired) electrons. The Bertz CT molecular complexity index is 447. The van der Waals surface area contributed by atoms with Crippen LogP contribution in [0, 0.1) is 5.92 Å². The fraction of sp³-hybridized carbons (Fsp3) is 0.929. The topological polar surface area (TPSA) is 65.0 Å². The second-order valence-corrected chi connectivity index (χ2v) is 8.44. The molecule has 130 valence electrons. The van der Waals surface area contributed by atoms with Gasteiger partial charge >= 0.3 is 0 Å². The molecule has 2 rings (SSSR count). The number of rotatable bonds is 3. The highest BCUT2D eigenvalue weighted by Gasteiger charge is 2.22. The SMILES string of the molecule is CN=C(NCCN1CCS(=O)(=O)CC1)N1CCC(C)CC1.I. The Morgan fingerprint density at radius 2 is 1.77 bits per heavy atom. The van der Waals surface area contributed by atoms with Crippen LogP contribution < -0.4 is 5.32 Å². The van der Waals surface area contributed by atoms with Crippen molar-refractivity contribution in [3.8, 4) is 0 Å². The summed E-state index contributed by atoms with van der Waals surface area (Å²) in [6.07, 6.45) is 2.45. The van der Waals surface area contributed by atoms with Crippen molar-refractivity contribution in [2.45, 2.75) is 19.8 Å². The number of hydrogen-bond acceptors (Lipinski definition) is 4. The quantitative estimate of drug-likeness (QED) is 0.393. The number of likely N-dealkylation sites (tertiary alicyclic amines) is 1. The molecular formula is C14H29IN4O2S. The van der Waals surface area contributed by atoms with E-state index in [0.717, 1.165) is 38.1 Å². The first-order valence-corrected chi connectivity index (χ1v) is 9.71. The van der Waals surface area contributed by atoms with Crippen LogP contribution in [-0.4, -0.2) is 82.0 Å². The summed E-state index contributed by atoms with van der Waals surface area (Å²) in [5, 5.41) is 3.41. The molecule has 2 aliphatic heterocycles. The van der Waals surface area contributed by atoms with Gasteiger partial charge in [-0.15, -0.1) is 24.0 Å². The highest BCUT2D eigenvalue weighted by Crippen LogP contribution is 2.15. The van der Waals surface area contributed by atoms with Crippen LogP contribution in [0.1, 0.15) is 19.8 Å². The fourth-order valence-corrected chi connectivity index (χ4v) is 4.13. The van der Waals surface area contributed by atoms with Gasteiger partial charge < -0.3 is 10.2 Å². The van der Waals surface area contributed by atoms with Gasteiger partial charge in [0.05, 0.1) is 11.5 Å². The fourth-order valence-electron chi connectivity index (χ4n) is 2.85. The lowest BCUT2D eigenvalue weighted by molar-refractivity contribution is 0.268. The average Bonchev–Trinajstić information content (AvgIpc) is 2.46. The van der Waals surface area contributed by atoms with E-state index < -0.39 is 9.84 Å². The molecule has 0 amide bonds. The molecule has 0 aromatic rings. The molecule has 1 N–H and O–H groups in total. The molecule has 0 atom stereocenters. The molecule has 2 fully saturated rings. The standard InChI is InChI=1S/C14H28N4O2S.HI/c1-13-3-6-18(7-4-13)14(15-2)16-5-8-17-9-11-21(19,20)12-10-17;/h13H,3-12H2,1-2H3,(H,15,16);1H. The zero-order valence-electron chi connectivity index (χ0n) is 13.6. The molecule has 0 saturated carbocycles. The van der Waals surface area contributed by atoms with E-state index in [1.165, 1.54) is 12.8 Å². The Hall–Kier alpha value is -0.0900. The third-order valence-corrected chi connectivity index (χ3v) is 6.05. The lowest BCUT2D eigenvalue weighted by Crippen LogP contribution is -2.48. The van der Waals surface area contributed by atoms with Crippen LogP contribution in [0.5, 0.6) is 0 Å². The second-order valence-electron chi connectivity index (χ2n) is 6.14. The largest absolute Gasteiger partial charge is 0.355 e. The molecule has 2 aliphatic rings. The van der Waals surface area contributed by atoms with Crippen LogP contribution in [-0.2, 0) is 9.84 Å². The third kappa shape index (κ3) is 6.19. The Morgan fingerprint density at radius 1 is 1.18 bits per heavy atom. The number of nitrogens with zero attached hydrogens (tertiary/aromatic N) is 3. The molecular weight excluding hydrogens is 415 g/mol. The zero-order valence-corrected chi connectivity index (χ0v) is 16.8. The molecule has 0 aromatic heterocycles. The Kier molecular flexibility index (Phi) is 8.40. The number of aliphatic imine (C=N–C) groups is 1. The van der Waals surface area contributed by atoms with Gasteiger partial charge in [0, 0.05) is 46.3 Å². The molecule has 2 saturated heterocycles. The van der Waals surface area contributed by atoms with Gasteiger partial charge in [0.15, 0.2) is 15.8 Å². The van der Waals surface area contributed by atoms with Crippen LogP contribution in [0.25, 0.3) is 0 Å². The summed E-state index contributed by atoms with van der Waals surface area (Å²) in [6, 6.07) is 0. The summed E-state index contributed by atoms with van der Waals surface area (Å²) in [7, 11) is -0.951. The smallest absolute Gasteiger partial charge is 0.193 e. The van der Waals surface area contributed by atoms with Gasteiger partial charge in [-0.2, -0.15) is 0 Å².